The second-order valence-electron chi connectivity index (χ2n) is 8.33. The lowest BCUT2D eigenvalue weighted by molar-refractivity contribution is -0.139. The molecule has 0 saturated heterocycles. The summed E-state index contributed by atoms with van der Waals surface area (Å²) in [6.45, 7) is 1.85. The fourth-order valence-electron chi connectivity index (χ4n) is 3.95. The maximum Gasteiger partial charge on any atom is 0.242 e. The number of rotatable bonds is 9. The largest absolute Gasteiger partial charge is 0.352 e. The van der Waals surface area contributed by atoms with Gasteiger partial charge in [-0.05, 0) is 43.5 Å². The number of hydrogen-bond donors (Lipinski definition) is 1. The van der Waals surface area contributed by atoms with Crippen LogP contribution in [0.1, 0.15) is 50.2 Å². The minimum atomic E-state index is -0.694. The van der Waals surface area contributed by atoms with Crippen LogP contribution >= 0.6 is 35.0 Å². The minimum Gasteiger partial charge on any atom is -0.352 e. The van der Waals surface area contributed by atoms with Crippen molar-refractivity contribution in [3.8, 4) is 0 Å². The molecule has 1 aliphatic rings. The van der Waals surface area contributed by atoms with Gasteiger partial charge in [-0.15, -0.1) is 11.8 Å². The lowest BCUT2D eigenvalue weighted by atomic mass is 9.95. The smallest absolute Gasteiger partial charge is 0.242 e. The molecule has 2 aromatic rings. The zero-order valence-corrected chi connectivity index (χ0v) is 21.0. The highest BCUT2D eigenvalue weighted by molar-refractivity contribution is 7.99. The van der Waals surface area contributed by atoms with Crippen molar-refractivity contribution in [3.63, 3.8) is 0 Å². The quantitative estimate of drug-likeness (QED) is 0.434. The molecule has 1 N–H and O–H groups in total. The van der Waals surface area contributed by atoms with Gasteiger partial charge in [-0.2, -0.15) is 0 Å². The van der Waals surface area contributed by atoms with E-state index in [2.05, 4.69) is 5.32 Å². The fraction of sp³-hybridized carbons (Fsp3) is 0.440. The third-order valence-corrected chi connectivity index (χ3v) is 7.62. The van der Waals surface area contributed by atoms with Crippen molar-refractivity contribution in [2.24, 2.45) is 0 Å². The van der Waals surface area contributed by atoms with E-state index >= 15 is 0 Å². The van der Waals surface area contributed by atoms with E-state index in [9.17, 15) is 14.0 Å². The molecule has 1 atom stereocenters. The molecular formula is C25H29Cl2FN2O2S. The van der Waals surface area contributed by atoms with Gasteiger partial charge in [-0.3, -0.25) is 9.59 Å². The Labute approximate surface area is 209 Å². The molecule has 178 valence electrons. The lowest BCUT2D eigenvalue weighted by Gasteiger charge is -2.31. The summed E-state index contributed by atoms with van der Waals surface area (Å²) in [6.07, 6.45) is 5.31. The van der Waals surface area contributed by atoms with E-state index in [4.69, 9.17) is 23.2 Å². The van der Waals surface area contributed by atoms with Crippen LogP contribution in [0.3, 0.4) is 0 Å². The van der Waals surface area contributed by atoms with Gasteiger partial charge in [0, 0.05) is 33.9 Å². The standard InChI is InChI=1S/C25H29Cl2FN2O2S/c1-17(25(32)29-19-9-3-2-4-10-19)30(14-20-21(26)11-7-12-22(20)27)24(31)16-33-15-18-8-5-6-13-23(18)28/h5-8,11-13,17,19H,2-4,9-10,14-16H2,1H3,(H,29,32)/t17-/m1/s1. The number of carbonyl (C=O) groups is 2. The summed E-state index contributed by atoms with van der Waals surface area (Å²) >= 11 is 14.0. The number of thioether (sulfide) groups is 1. The Balaban J connectivity index is 1.71. The normalized spacial score (nSPS) is 15.2. The van der Waals surface area contributed by atoms with E-state index in [1.54, 1.807) is 43.3 Å². The Kier molecular flexibility index (Phi) is 9.90. The zero-order chi connectivity index (χ0) is 23.8. The van der Waals surface area contributed by atoms with Crippen molar-refractivity contribution in [2.45, 2.75) is 63.4 Å². The first-order valence-electron chi connectivity index (χ1n) is 11.2. The van der Waals surface area contributed by atoms with Crippen LogP contribution in [0.15, 0.2) is 42.5 Å². The average Bonchev–Trinajstić information content (AvgIpc) is 2.80. The highest BCUT2D eigenvalue weighted by Crippen LogP contribution is 2.27. The van der Waals surface area contributed by atoms with Gasteiger partial charge in [0.05, 0.1) is 5.75 Å². The average molecular weight is 511 g/mol. The molecule has 0 bridgehead atoms. The molecule has 0 heterocycles. The third kappa shape index (κ3) is 7.36. The number of carbonyl (C=O) groups excluding carboxylic acids is 2. The summed E-state index contributed by atoms with van der Waals surface area (Å²) < 4.78 is 13.9. The lowest BCUT2D eigenvalue weighted by Crippen LogP contribution is -2.50. The van der Waals surface area contributed by atoms with Crippen LogP contribution in [0.2, 0.25) is 10.0 Å². The summed E-state index contributed by atoms with van der Waals surface area (Å²) in [6, 6.07) is 11.1. The molecule has 0 unspecified atom stereocenters. The number of nitrogens with zero attached hydrogens (tertiary/aromatic N) is 1. The first kappa shape index (κ1) is 25.9. The minimum absolute atomic E-state index is 0.109. The van der Waals surface area contributed by atoms with Crippen molar-refractivity contribution < 1.29 is 14.0 Å². The molecular weight excluding hydrogens is 482 g/mol. The fourth-order valence-corrected chi connectivity index (χ4v) is 5.37. The van der Waals surface area contributed by atoms with Crippen molar-refractivity contribution in [2.75, 3.05) is 5.75 Å². The number of hydrogen-bond acceptors (Lipinski definition) is 3. The monoisotopic (exact) mass is 510 g/mol. The first-order valence-corrected chi connectivity index (χ1v) is 13.1. The van der Waals surface area contributed by atoms with E-state index in [-0.39, 0.29) is 36.0 Å². The Morgan fingerprint density at radius 3 is 2.42 bits per heavy atom. The van der Waals surface area contributed by atoms with E-state index < -0.39 is 6.04 Å². The van der Waals surface area contributed by atoms with Gasteiger partial charge in [0.1, 0.15) is 11.9 Å². The van der Waals surface area contributed by atoms with Crippen LogP contribution in [-0.2, 0) is 21.9 Å². The van der Waals surface area contributed by atoms with Gasteiger partial charge < -0.3 is 10.2 Å². The highest BCUT2D eigenvalue weighted by Gasteiger charge is 2.29. The van der Waals surface area contributed by atoms with Crippen LogP contribution < -0.4 is 5.32 Å². The van der Waals surface area contributed by atoms with Crippen molar-refractivity contribution in [1.82, 2.24) is 10.2 Å². The van der Waals surface area contributed by atoms with Gasteiger partial charge in [0.25, 0.3) is 0 Å². The van der Waals surface area contributed by atoms with E-state index in [1.807, 2.05) is 0 Å². The molecule has 3 rings (SSSR count). The summed E-state index contributed by atoms with van der Waals surface area (Å²) in [5.41, 5.74) is 1.14. The number of halogens is 3. The molecule has 2 aromatic carbocycles. The summed E-state index contributed by atoms with van der Waals surface area (Å²) in [4.78, 5) is 27.8. The number of benzene rings is 2. The maximum absolute atomic E-state index is 13.9. The first-order chi connectivity index (χ1) is 15.9. The Morgan fingerprint density at radius 2 is 1.76 bits per heavy atom. The van der Waals surface area contributed by atoms with Crippen LogP contribution in [-0.4, -0.2) is 34.6 Å². The molecule has 4 nitrogen and oxygen atoms in total. The van der Waals surface area contributed by atoms with Gasteiger partial charge in [0.15, 0.2) is 0 Å². The molecule has 1 saturated carbocycles. The molecule has 0 aliphatic heterocycles. The van der Waals surface area contributed by atoms with Crippen LogP contribution in [0.4, 0.5) is 4.39 Å². The SMILES string of the molecule is C[C@H](C(=O)NC1CCCCC1)N(Cc1c(Cl)cccc1Cl)C(=O)CSCc1ccccc1F. The van der Waals surface area contributed by atoms with Crippen LogP contribution in [0, 0.1) is 5.82 Å². The molecule has 1 aliphatic carbocycles. The molecule has 1 fully saturated rings. The van der Waals surface area contributed by atoms with Gasteiger partial charge in [0.2, 0.25) is 11.8 Å². The molecule has 0 spiro atoms. The Hall–Kier alpha value is -1.76. The number of nitrogens with one attached hydrogen (secondary N) is 1. The second-order valence-corrected chi connectivity index (χ2v) is 10.1. The number of amides is 2. The molecule has 8 heteroatoms. The summed E-state index contributed by atoms with van der Waals surface area (Å²) in [5.74, 6) is -0.229. The van der Waals surface area contributed by atoms with Crippen molar-refractivity contribution in [1.29, 1.82) is 0 Å². The summed E-state index contributed by atoms with van der Waals surface area (Å²) in [5, 5.41) is 3.99. The Bertz CT molecular complexity index is 949. The maximum atomic E-state index is 13.9. The van der Waals surface area contributed by atoms with E-state index in [1.165, 1.54) is 29.1 Å². The Morgan fingerprint density at radius 1 is 1.09 bits per heavy atom. The predicted molar refractivity (Wildman–Crippen MR) is 134 cm³/mol. The molecule has 0 aromatic heterocycles. The van der Waals surface area contributed by atoms with Gasteiger partial charge in [-0.1, -0.05) is 66.7 Å². The molecule has 2 amide bonds. The molecule has 33 heavy (non-hydrogen) atoms. The highest BCUT2D eigenvalue weighted by atomic mass is 35.5. The van der Waals surface area contributed by atoms with Gasteiger partial charge in [-0.25, -0.2) is 4.39 Å². The van der Waals surface area contributed by atoms with Crippen molar-refractivity contribution >= 4 is 46.8 Å². The van der Waals surface area contributed by atoms with Crippen LogP contribution in [0.5, 0.6) is 0 Å². The molecule has 0 radical (unpaired) electrons. The van der Waals surface area contributed by atoms with E-state index in [0.29, 0.717) is 26.9 Å². The zero-order valence-electron chi connectivity index (χ0n) is 18.7. The third-order valence-electron chi connectivity index (χ3n) is 5.95. The topological polar surface area (TPSA) is 49.4 Å². The second kappa shape index (κ2) is 12.6. The van der Waals surface area contributed by atoms with Gasteiger partial charge >= 0.3 is 0 Å². The summed E-state index contributed by atoms with van der Waals surface area (Å²) in [7, 11) is 0. The predicted octanol–water partition coefficient (Wildman–Crippen LogP) is 6.23. The van der Waals surface area contributed by atoms with Crippen molar-refractivity contribution in [3.05, 3.63) is 69.5 Å². The van der Waals surface area contributed by atoms with Crippen LogP contribution in [0.25, 0.3) is 0 Å². The van der Waals surface area contributed by atoms with E-state index in [0.717, 1.165) is 25.7 Å².